The lowest BCUT2D eigenvalue weighted by Gasteiger charge is -2.28. The van der Waals surface area contributed by atoms with Crippen molar-refractivity contribution in [2.24, 2.45) is 5.92 Å². The molecule has 0 saturated heterocycles. The first-order chi connectivity index (χ1) is 20.1. The maximum absolute atomic E-state index is 12.9. The Morgan fingerprint density at radius 2 is 1.73 bits per heavy atom. The average Bonchev–Trinajstić information content (AvgIpc) is 3.46. The quantitative estimate of drug-likeness (QED) is 0.243. The van der Waals surface area contributed by atoms with E-state index in [9.17, 15) is 4.79 Å². The van der Waals surface area contributed by atoms with Crippen molar-refractivity contribution in [2.75, 3.05) is 18.2 Å². The first-order valence-electron chi connectivity index (χ1n) is 13.8. The van der Waals surface area contributed by atoms with Gasteiger partial charge in [-0.1, -0.05) is 36.4 Å². The van der Waals surface area contributed by atoms with Crippen molar-refractivity contribution >= 4 is 28.6 Å². The van der Waals surface area contributed by atoms with Gasteiger partial charge in [0, 0.05) is 29.3 Å². The fraction of sp³-hybridized carbons (Fsp3) is 0.250. The van der Waals surface area contributed by atoms with Gasteiger partial charge in [-0.15, -0.1) is 0 Å². The van der Waals surface area contributed by atoms with Crippen molar-refractivity contribution in [2.45, 2.75) is 38.3 Å². The number of rotatable bonds is 8. The molecule has 0 atom stereocenters. The molecule has 9 nitrogen and oxygen atoms in total. The molecule has 0 aliphatic heterocycles. The molecule has 41 heavy (non-hydrogen) atoms. The van der Waals surface area contributed by atoms with Crippen LogP contribution >= 0.6 is 0 Å². The Kier molecular flexibility index (Phi) is 7.49. The van der Waals surface area contributed by atoms with Crippen LogP contribution in [0.2, 0.25) is 0 Å². The largest absolute Gasteiger partial charge is 0.497 e. The second-order valence-electron chi connectivity index (χ2n) is 10.3. The van der Waals surface area contributed by atoms with Crippen LogP contribution in [0.4, 0.5) is 11.5 Å². The first kappa shape index (κ1) is 26.3. The number of hydrogen-bond donors (Lipinski definition) is 2. The van der Waals surface area contributed by atoms with Gasteiger partial charge in [-0.2, -0.15) is 0 Å². The summed E-state index contributed by atoms with van der Waals surface area (Å²) in [6.07, 6.45) is 5.03. The van der Waals surface area contributed by atoms with E-state index in [1.807, 2.05) is 78.9 Å². The van der Waals surface area contributed by atoms with Gasteiger partial charge in [0.15, 0.2) is 17.3 Å². The predicted octanol–water partition coefficient (Wildman–Crippen LogP) is 6.03. The summed E-state index contributed by atoms with van der Waals surface area (Å²) >= 11 is 0. The minimum atomic E-state index is -0.0508. The molecular weight excluding hydrogens is 516 g/mol. The molecule has 1 amide bonds. The van der Waals surface area contributed by atoms with Gasteiger partial charge in [0.2, 0.25) is 5.91 Å². The van der Waals surface area contributed by atoms with Gasteiger partial charge < -0.3 is 25.1 Å². The summed E-state index contributed by atoms with van der Waals surface area (Å²) in [4.78, 5) is 26.9. The van der Waals surface area contributed by atoms with Crippen LogP contribution in [0, 0.1) is 5.92 Å². The fourth-order valence-electron chi connectivity index (χ4n) is 5.34. The molecule has 3 N–H and O–H groups in total. The number of methoxy groups -OCH3 is 1. The highest BCUT2D eigenvalue weighted by Crippen LogP contribution is 2.35. The van der Waals surface area contributed by atoms with Gasteiger partial charge in [-0.25, -0.2) is 15.0 Å². The predicted molar refractivity (Wildman–Crippen MR) is 159 cm³/mol. The second-order valence-corrected chi connectivity index (χ2v) is 10.3. The molecule has 5 aromatic rings. The highest BCUT2D eigenvalue weighted by atomic mass is 16.5. The zero-order valence-electron chi connectivity index (χ0n) is 22.9. The van der Waals surface area contributed by atoms with E-state index in [1.165, 1.54) is 0 Å². The van der Waals surface area contributed by atoms with Crippen LogP contribution in [0.15, 0.2) is 85.2 Å². The zero-order chi connectivity index (χ0) is 28.2. The van der Waals surface area contributed by atoms with E-state index >= 15 is 0 Å². The maximum Gasteiger partial charge on any atom is 0.227 e. The number of nitrogens with zero attached hydrogens (tertiary/aromatic N) is 4. The topological polar surface area (TPSA) is 117 Å². The lowest BCUT2D eigenvalue weighted by Crippen LogP contribution is -2.28. The summed E-state index contributed by atoms with van der Waals surface area (Å²) < 4.78 is 13.3. The SMILES string of the molecule is COc1cccc(NC(=O)[C@H]2CC[C@@H](n3cnc4c(N)nc(-c5ccc(OCc6ccccc6)cc5)nc43)CC2)c1. The summed E-state index contributed by atoms with van der Waals surface area (Å²) in [6.45, 7) is 0.500. The highest BCUT2D eigenvalue weighted by Gasteiger charge is 2.29. The van der Waals surface area contributed by atoms with Crippen molar-refractivity contribution in [1.82, 2.24) is 19.5 Å². The summed E-state index contributed by atoms with van der Waals surface area (Å²) in [5.74, 6) is 2.36. The first-order valence-corrected chi connectivity index (χ1v) is 13.8. The number of carbonyl (C=O) groups excluding carboxylic acids is 1. The van der Waals surface area contributed by atoms with Crippen molar-refractivity contribution in [3.8, 4) is 22.9 Å². The normalized spacial score (nSPS) is 16.8. The Morgan fingerprint density at radius 1 is 0.951 bits per heavy atom. The molecule has 0 unspecified atom stereocenters. The number of anilines is 2. The van der Waals surface area contributed by atoms with Crippen molar-refractivity contribution in [1.29, 1.82) is 0 Å². The van der Waals surface area contributed by atoms with E-state index in [0.717, 1.165) is 48.2 Å². The average molecular weight is 549 g/mol. The van der Waals surface area contributed by atoms with Gasteiger partial charge >= 0.3 is 0 Å². The molecular formula is C32H32N6O3. The molecule has 0 spiro atoms. The third-order valence-corrected chi connectivity index (χ3v) is 7.61. The molecule has 1 aliphatic carbocycles. The number of imidazole rings is 1. The van der Waals surface area contributed by atoms with E-state index in [4.69, 9.17) is 20.2 Å². The van der Waals surface area contributed by atoms with Gasteiger partial charge in [-0.3, -0.25) is 4.79 Å². The van der Waals surface area contributed by atoms with Crippen molar-refractivity contribution in [3.05, 3.63) is 90.8 Å². The number of ether oxygens (including phenoxy) is 2. The van der Waals surface area contributed by atoms with E-state index in [2.05, 4.69) is 19.9 Å². The number of fused-ring (bicyclic) bond motifs is 1. The summed E-state index contributed by atoms with van der Waals surface area (Å²) in [5.41, 5.74) is 10.3. The summed E-state index contributed by atoms with van der Waals surface area (Å²) in [6, 6.07) is 25.4. The lowest BCUT2D eigenvalue weighted by atomic mass is 9.85. The van der Waals surface area contributed by atoms with Crippen molar-refractivity contribution in [3.63, 3.8) is 0 Å². The number of carbonyl (C=O) groups is 1. The number of benzene rings is 3. The standard InChI is InChI=1S/C32H32N6O3/c1-40-27-9-5-8-24(18-27)35-32(39)23-10-14-25(15-11-23)38-20-34-28-29(33)36-30(37-31(28)38)22-12-16-26(17-13-22)41-19-21-6-3-2-4-7-21/h2-9,12-13,16-18,20,23,25H,10-11,14-15,19H2,1H3,(H,35,39)(H2,33,36,37)/t23-,25+. The van der Waals surface area contributed by atoms with E-state index in [1.54, 1.807) is 13.4 Å². The van der Waals surface area contributed by atoms with Crippen LogP contribution in [0.25, 0.3) is 22.6 Å². The Hall–Kier alpha value is -4.92. The Morgan fingerprint density at radius 3 is 2.49 bits per heavy atom. The van der Waals surface area contributed by atoms with Crippen LogP contribution in [-0.4, -0.2) is 32.5 Å². The maximum atomic E-state index is 12.9. The van der Waals surface area contributed by atoms with E-state index in [-0.39, 0.29) is 17.9 Å². The molecule has 1 fully saturated rings. The Balaban J connectivity index is 1.13. The number of nitrogens with two attached hydrogens (primary N) is 1. The van der Waals surface area contributed by atoms with Gasteiger partial charge in [0.25, 0.3) is 0 Å². The van der Waals surface area contributed by atoms with Crippen molar-refractivity contribution < 1.29 is 14.3 Å². The molecule has 9 heteroatoms. The van der Waals surface area contributed by atoms with Gasteiger partial charge in [0.1, 0.15) is 23.6 Å². The lowest BCUT2D eigenvalue weighted by molar-refractivity contribution is -0.120. The van der Waals surface area contributed by atoms with Crippen LogP contribution in [0.1, 0.15) is 37.3 Å². The van der Waals surface area contributed by atoms with E-state index in [0.29, 0.717) is 35.2 Å². The Labute approximate surface area is 238 Å². The second kappa shape index (κ2) is 11.7. The number of aromatic nitrogens is 4. The van der Waals surface area contributed by atoms with Crippen LogP contribution in [-0.2, 0) is 11.4 Å². The number of hydrogen-bond acceptors (Lipinski definition) is 7. The molecule has 6 rings (SSSR count). The molecule has 2 heterocycles. The minimum absolute atomic E-state index is 0.0391. The number of nitrogen functional groups attached to an aromatic ring is 1. The van der Waals surface area contributed by atoms with Gasteiger partial charge in [-0.05, 0) is 67.6 Å². The monoisotopic (exact) mass is 548 g/mol. The van der Waals surface area contributed by atoms with E-state index < -0.39 is 0 Å². The third kappa shape index (κ3) is 5.84. The highest BCUT2D eigenvalue weighted by molar-refractivity contribution is 5.92. The van der Waals surface area contributed by atoms with Crippen LogP contribution < -0.4 is 20.5 Å². The fourth-order valence-corrected chi connectivity index (χ4v) is 5.34. The smallest absolute Gasteiger partial charge is 0.227 e. The molecule has 0 bridgehead atoms. The number of nitrogens with one attached hydrogen (secondary N) is 1. The zero-order valence-corrected chi connectivity index (χ0v) is 22.9. The Bertz CT molecular complexity index is 1640. The molecule has 1 saturated carbocycles. The molecule has 2 aromatic heterocycles. The molecule has 1 aliphatic rings. The van der Waals surface area contributed by atoms with Crippen LogP contribution in [0.5, 0.6) is 11.5 Å². The third-order valence-electron chi connectivity index (χ3n) is 7.61. The number of amides is 1. The summed E-state index contributed by atoms with van der Waals surface area (Å²) in [5, 5.41) is 3.03. The molecule has 0 radical (unpaired) electrons. The minimum Gasteiger partial charge on any atom is -0.497 e. The summed E-state index contributed by atoms with van der Waals surface area (Å²) in [7, 11) is 1.61. The van der Waals surface area contributed by atoms with Crippen LogP contribution in [0.3, 0.4) is 0 Å². The molecule has 3 aromatic carbocycles. The molecule has 208 valence electrons. The van der Waals surface area contributed by atoms with Gasteiger partial charge in [0.05, 0.1) is 13.4 Å².